The highest BCUT2D eigenvalue weighted by Crippen LogP contribution is 2.49. The molecule has 1 aromatic heterocycles. The Morgan fingerprint density at radius 2 is 1.80 bits per heavy atom. The van der Waals surface area contributed by atoms with E-state index in [0.717, 1.165) is 53.6 Å². The van der Waals surface area contributed by atoms with Gasteiger partial charge in [0.2, 0.25) is 5.91 Å². The lowest BCUT2D eigenvalue weighted by Crippen LogP contribution is -2.67. The first-order valence-corrected chi connectivity index (χ1v) is 14.5. The van der Waals surface area contributed by atoms with Crippen LogP contribution in [-0.4, -0.2) is 73.2 Å². The van der Waals surface area contributed by atoms with Gasteiger partial charge in [-0.2, -0.15) is 0 Å². The largest absolute Gasteiger partial charge is 0.493 e. The summed E-state index contributed by atoms with van der Waals surface area (Å²) in [6, 6.07) is 14.1. The van der Waals surface area contributed by atoms with E-state index in [1.165, 1.54) is 0 Å². The average Bonchev–Trinajstić information content (AvgIpc) is 3.37. The Morgan fingerprint density at radius 1 is 1.00 bits per heavy atom. The molecule has 214 valence electrons. The highest BCUT2D eigenvalue weighted by molar-refractivity contribution is 6.01. The van der Waals surface area contributed by atoms with Crippen molar-refractivity contribution in [2.75, 3.05) is 46.6 Å². The van der Waals surface area contributed by atoms with Gasteiger partial charge in [0, 0.05) is 43.1 Å². The van der Waals surface area contributed by atoms with Crippen LogP contribution in [0.2, 0.25) is 0 Å². The summed E-state index contributed by atoms with van der Waals surface area (Å²) < 4.78 is 17.3. The topological polar surface area (TPSA) is 84.1 Å². The maximum Gasteiger partial charge on any atom is 0.254 e. The molecule has 2 aliphatic heterocycles. The molecule has 2 amide bonds. The molecule has 3 heterocycles. The quantitative estimate of drug-likeness (QED) is 0.315. The van der Waals surface area contributed by atoms with Crippen molar-refractivity contribution in [2.45, 2.75) is 57.9 Å². The number of benzene rings is 2. The average molecular weight is 548 g/mol. The minimum absolute atomic E-state index is 0.0434. The second kappa shape index (κ2) is 11.9. The smallest absolute Gasteiger partial charge is 0.254 e. The summed E-state index contributed by atoms with van der Waals surface area (Å²) in [5, 5.41) is 1.07. The first kappa shape index (κ1) is 28.0. The lowest BCUT2D eigenvalue weighted by molar-refractivity contribution is -0.166. The Bertz CT molecular complexity index is 1370. The van der Waals surface area contributed by atoms with Crippen molar-refractivity contribution in [3.8, 4) is 11.5 Å². The Labute approximate surface area is 236 Å². The monoisotopic (exact) mass is 547 g/mol. The van der Waals surface area contributed by atoms with Gasteiger partial charge in [0.25, 0.3) is 5.91 Å². The van der Waals surface area contributed by atoms with Gasteiger partial charge in [0.05, 0.1) is 26.0 Å². The third-order valence-corrected chi connectivity index (χ3v) is 8.23. The van der Waals surface area contributed by atoms with E-state index in [1.807, 2.05) is 43.3 Å². The molecule has 8 heteroatoms. The number of hydrogen-bond donors (Lipinski definition) is 1. The summed E-state index contributed by atoms with van der Waals surface area (Å²) in [5.41, 5.74) is 2.71. The summed E-state index contributed by atoms with van der Waals surface area (Å²) in [4.78, 5) is 34.9. The highest BCUT2D eigenvalue weighted by Gasteiger charge is 2.56. The van der Waals surface area contributed by atoms with E-state index in [1.54, 1.807) is 16.9 Å². The molecule has 3 aromatic rings. The number of nitrogens with zero attached hydrogens (tertiary/aromatic N) is 2. The number of H-pyrrole nitrogens is 1. The number of methoxy groups -OCH3 is 1. The molecule has 2 atom stereocenters. The molecule has 40 heavy (non-hydrogen) atoms. The Balaban J connectivity index is 1.52. The molecule has 0 saturated carbocycles. The Morgan fingerprint density at radius 3 is 2.58 bits per heavy atom. The SMILES string of the molecule is CCCCOCCCN1CC(=O)N2C[C@@H](c3ccc(OCCC)c(OC)c3)c3c([nH]c4ccccc34)[C@@]2(C)C1=O. The van der Waals surface area contributed by atoms with Gasteiger partial charge in [0.15, 0.2) is 17.0 Å². The van der Waals surface area contributed by atoms with Gasteiger partial charge in [-0.1, -0.05) is 44.5 Å². The maximum atomic E-state index is 14.2. The summed E-state index contributed by atoms with van der Waals surface area (Å²) in [5.74, 6) is 1.13. The molecule has 2 aliphatic rings. The number of aromatic amines is 1. The van der Waals surface area contributed by atoms with Crippen molar-refractivity contribution in [3.63, 3.8) is 0 Å². The van der Waals surface area contributed by atoms with E-state index in [9.17, 15) is 9.59 Å². The molecule has 2 aromatic carbocycles. The summed E-state index contributed by atoms with van der Waals surface area (Å²) in [6.45, 7) is 8.99. The van der Waals surface area contributed by atoms with Crippen LogP contribution in [0.1, 0.15) is 69.2 Å². The fourth-order valence-electron chi connectivity index (χ4n) is 6.09. The number of para-hydroxylation sites is 1. The molecular weight excluding hydrogens is 506 g/mol. The number of carbonyl (C=O) groups excluding carboxylic acids is 2. The van der Waals surface area contributed by atoms with Gasteiger partial charge in [-0.25, -0.2) is 0 Å². The molecule has 0 bridgehead atoms. The van der Waals surface area contributed by atoms with Crippen LogP contribution in [0.4, 0.5) is 0 Å². The van der Waals surface area contributed by atoms with Gasteiger partial charge in [-0.05, 0) is 55.5 Å². The van der Waals surface area contributed by atoms with Crippen molar-refractivity contribution in [2.24, 2.45) is 0 Å². The number of aromatic nitrogens is 1. The predicted molar refractivity (Wildman–Crippen MR) is 155 cm³/mol. The number of ether oxygens (including phenoxy) is 3. The zero-order valence-corrected chi connectivity index (χ0v) is 24.1. The molecule has 0 radical (unpaired) electrons. The Kier molecular flexibility index (Phi) is 8.35. The second-order valence-corrected chi connectivity index (χ2v) is 10.9. The molecule has 1 fully saturated rings. The van der Waals surface area contributed by atoms with Crippen molar-refractivity contribution in [3.05, 3.63) is 59.3 Å². The normalized spacial score (nSPS) is 20.6. The van der Waals surface area contributed by atoms with Crippen LogP contribution in [0.25, 0.3) is 10.9 Å². The number of amides is 2. The first-order chi connectivity index (χ1) is 19.4. The Hall–Kier alpha value is -3.52. The van der Waals surface area contributed by atoms with Gasteiger partial charge in [-0.15, -0.1) is 0 Å². The van der Waals surface area contributed by atoms with Crippen molar-refractivity contribution in [1.82, 2.24) is 14.8 Å². The fraction of sp³-hybridized carbons (Fsp3) is 0.500. The van der Waals surface area contributed by atoms with E-state index in [4.69, 9.17) is 14.2 Å². The van der Waals surface area contributed by atoms with Crippen molar-refractivity contribution >= 4 is 22.7 Å². The van der Waals surface area contributed by atoms with Crippen LogP contribution in [0, 0.1) is 0 Å². The first-order valence-electron chi connectivity index (χ1n) is 14.5. The third kappa shape index (κ3) is 4.94. The van der Waals surface area contributed by atoms with Crippen LogP contribution >= 0.6 is 0 Å². The summed E-state index contributed by atoms with van der Waals surface area (Å²) in [6.07, 6.45) is 3.72. The molecule has 8 nitrogen and oxygen atoms in total. The lowest BCUT2D eigenvalue weighted by Gasteiger charge is -2.51. The maximum absolute atomic E-state index is 14.2. The van der Waals surface area contributed by atoms with E-state index in [2.05, 4.69) is 24.9 Å². The molecule has 5 rings (SSSR count). The molecule has 1 saturated heterocycles. The van der Waals surface area contributed by atoms with Crippen LogP contribution in [0.3, 0.4) is 0 Å². The molecular formula is C32H41N3O5. The van der Waals surface area contributed by atoms with E-state index in [-0.39, 0.29) is 24.3 Å². The van der Waals surface area contributed by atoms with Crippen molar-refractivity contribution < 1.29 is 23.8 Å². The molecule has 0 spiro atoms. The molecule has 0 aliphatic carbocycles. The van der Waals surface area contributed by atoms with Crippen LogP contribution in [-0.2, 0) is 19.9 Å². The van der Waals surface area contributed by atoms with Crippen molar-refractivity contribution in [1.29, 1.82) is 0 Å². The zero-order valence-electron chi connectivity index (χ0n) is 24.1. The van der Waals surface area contributed by atoms with Gasteiger partial charge < -0.3 is 29.0 Å². The predicted octanol–water partition coefficient (Wildman–Crippen LogP) is 5.20. The molecule has 1 N–H and O–H groups in total. The number of fused-ring (bicyclic) bond motifs is 5. The lowest BCUT2D eigenvalue weighted by atomic mass is 9.76. The third-order valence-electron chi connectivity index (χ3n) is 8.23. The summed E-state index contributed by atoms with van der Waals surface area (Å²) >= 11 is 0. The number of hydrogen-bond acceptors (Lipinski definition) is 5. The number of piperazine rings is 1. The van der Waals surface area contributed by atoms with Crippen LogP contribution in [0.15, 0.2) is 42.5 Å². The van der Waals surface area contributed by atoms with Crippen LogP contribution < -0.4 is 9.47 Å². The number of carbonyl (C=O) groups is 2. The van der Waals surface area contributed by atoms with Gasteiger partial charge in [-0.3, -0.25) is 9.59 Å². The number of unbranched alkanes of at least 4 members (excludes halogenated alkanes) is 1. The van der Waals surface area contributed by atoms with Crippen LogP contribution in [0.5, 0.6) is 11.5 Å². The van der Waals surface area contributed by atoms with Gasteiger partial charge >= 0.3 is 0 Å². The molecule has 0 unspecified atom stereocenters. The highest BCUT2D eigenvalue weighted by atomic mass is 16.5. The summed E-state index contributed by atoms with van der Waals surface area (Å²) in [7, 11) is 1.64. The van der Waals surface area contributed by atoms with E-state index >= 15 is 0 Å². The minimum atomic E-state index is -1.11. The van der Waals surface area contributed by atoms with E-state index in [0.29, 0.717) is 44.2 Å². The standard InChI is InChI=1S/C32H41N3O5/c1-5-7-17-39-18-10-15-34-21-28(36)35-20-24(22-13-14-26(40-16-6-2)27(19-22)38-4)29-23-11-8-9-12-25(23)33-30(29)32(35,3)31(34)37/h8-9,11-14,19,24,33H,5-7,10,15-18,20-21H2,1-4H3/t24-,32-/m0/s1. The zero-order chi connectivity index (χ0) is 28.3. The van der Waals surface area contributed by atoms with E-state index < -0.39 is 5.54 Å². The fourth-order valence-corrected chi connectivity index (χ4v) is 6.09. The second-order valence-electron chi connectivity index (χ2n) is 10.9. The van der Waals surface area contributed by atoms with Gasteiger partial charge in [0.1, 0.15) is 0 Å². The minimum Gasteiger partial charge on any atom is -0.493 e. The number of rotatable bonds is 12. The number of nitrogens with one attached hydrogen (secondary N) is 1.